The van der Waals surface area contributed by atoms with Crippen LogP contribution >= 0.6 is 0 Å². The minimum Gasteiger partial charge on any atom is -0.625 e. The molecule has 1 amide bonds. The number of hydrogen-bond acceptors (Lipinski definition) is 3. The van der Waals surface area contributed by atoms with Crippen LogP contribution in [0.15, 0.2) is 24.5 Å². The quantitative estimate of drug-likeness (QED) is 0.458. The molecule has 64 valence electrons. The molecular formula is C8H10N2O2. The van der Waals surface area contributed by atoms with Crippen molar-refractivity contribution in [1.29, 1.82) is 0 Å². The highest BCUT2D eigenvalue weighted by molar-refractivity contribution is 5.88. The molecule has 0 aromatic carbocycles. The smallest absolute Gasteiger partial charge is 0.347 e. The number of aromatic nitrogens is 1. The molecule has 0 saturated carbocycles. The number of amides is 1. The van der Waals surface area contributed by atoms with E-state index in [0.717, 1.165) is 0 Å². The fourth-order valence-corrected chi connectivity index (χ4v) is 0.800. The van der Waals surface area contributed by atoms with E-state index in [9.17, 15) is 10.0 Å². The first-order valence-corrected chi connectivity index (χ1v) is 3.52. The van der Waals surface area contributed by atoms with Crippen LogP contribution in [0.1, 0.15) is 10.4 Å². The molecule has 0 bridgehead atoms. The maximum atomic E-state index is 11.3. The predicted octanol–water partition coefficient (Wildman–Crippen LogP) is 0.796. The SMILES string of the molecule is C[N+](C)([O-])C(=O)c1cccnc1. The zero-order valence-corrected chi connectivity index (χ0v) is 7.02. The molecular weight excluding hydrogens is 156 g/mol. The monoisotopic (exact) mass is 166 g/mol. The van der Waals surface area contributed by atoms with Gasteiger partial charge >= 0.3 is 5.91 Å². The maximum Gasteiger partial charge on any atom is 0.347 e. The van der Waals surface area contributed by atoms with Crippen molar-refractivity contribution in [2.45, 2.75) is 0 Å². The number of carbonyl (C=O) groups is 1. The number of hydroxylamine groups is 3. The van der Waals surface area contributed by atoms with Crippen LogP contribution in [0.2, 0.25) is 0 Å². The molecule has 4 heteroatoms. The Bertz CT molecular complexity index is 277. The van der Waals surface area contributed by atoms with Gasteiger partial charge in [0.25, 0.3) is 0 Å². The normalized spacial score (nSPS) is 11.2. The molecule has 0 aliphatic heterocycles. The number of quaternary nitrogens is 1. The predicted molar refractivity (Wildman–Crippen MR) is 44.0 cm³/mol. The summed E-state index contributed by atoms with van der Waals surface area (Å²) in [5.41, 5.74) is 0.345. The molecule has 0 saturated heterocycles. The third-order valence-corrected chi connectivity index (χ3v) is 1.40. The van der Waals surface area contributed by atoms with Crippen molar-refractivity contribution < 1.29 is 9.44 Å². The third kappa shape index (κ3) is 1.87. The van der Waals surface area contributed by atoms with Crippen LogP contribution in [-0.4, -0.2) is 29.6 Å². The first-order valence-electron chi connectivity index (χ1n) is 3.52. The van der Waals surface area contributed by atoms with Crippen molar-refractivity contribution in [3.8, 4) is 0 Å². The topological polar surface area (TPSA) is 53.0 Å². The number of rotatable bonds is 1. The van der Waals surface area contributed by atoms with Gasteiger partial charge in [0.05, 0.1) is 19.7 Å². The Labute approximate surface area is 70.6 Å². The highest BCUT2D eigenvalue weighted by Crippen LogP contribution is 2.05. The van der Waals surface area contributed by atoms with Crippen LogP contribution in [0.5, 0.6) is 0 Å². The minimum atomic E-state index is -0.953. The van der Waals surface area contributed by atoms with Crippen molar-refractivity contribution in [2.24, 2.45) is 0 Å². The molecule has 0 N–H and O–H groups in total. The van der Waals surface area contributed by atoms with E-state index in [4.69, 9.17) is 0 Å². The molecule has 1 rings (SSSR count). The molecule has 4 nitrogen and oxygen atoms in total. The first-order chi connectivity index (χ1) is 5.52. The van der Waals surface area contributed by atoms with Crippen LogP contribution < -0.4 is 0 Å². The highest BCUT2D eigenvalue weighted by Gasteiger charge is 2.18. The molecule has 1 aromatic rings. The Hall–Kier alpha value is -1.26. The summed E-state index contributed by atoms with van der Waals surface area (Å²) in [5.74, 6) is -0.483. The van der Waals surface area contributed by atoms with E-state index in [1.165, 1.54) is 20.3 Å². The van der Waals surface area contributed by atoms with Gasteiger partial charge in [0.1, 0.15) is 0 Å². The standard InChI is InChI=1S/C8H10N2O2/c1-10(2,12)8(11)7-4-3-5-9-6-7/h3-6H,1-2H3. The average Bonchev–Trinajstić information content (AvgIpc) is 2.03. The van der Waals surface area contributed by atoms with E-state index in [-0.39, 0.29) is 0 Å². The Morgan fingerprint density at radius 3 is 2.67 bits per heavy atom. The number of nitrogens with zero attached hydrogens (tertiary/aromatic N) is 2. The van der Waals surface area contributed by atoms with Gasteiger partial charge < -0.3 is 5.21 Å². The number of pyridine rings is 1. The number of carbonyl (C=O) groups excluding carboxylic acids is 1. The second kappa shape index (κ2) is 3.00. The van der Waals surface area contributed by atoms with Crippen molar-refractivity contribution in [3.63, 3.8) is 0 Å². The van der Waals surface area contributed by atoms with E-state index < -0.39 is 10.6 Å². The lowest BCUT2D eigenvalue weighted by Gasteiger charge is -2.29. The second-order valence-electron chi connectivity index (χ2n) is 2.90. The zero-order chi connectivity index (χ0) is 9.19. The summed E-state index contributed by atoms with van der Waals surface area (Å²) in [6.45, 7) is 0. The number of hydrogen-bond donors (Lipinski definition) is 0. The summed E-state index contributed by atoms with van der Waals surface area (Å²) in [5, 5.41) is 11.2. The van der Waals surface area contributed by atoms with Gasteiger partial charge in [-0.2, -0.15) is 0 Å². The van der Waals surface area contributed by atoms with Crippen LogP contribution in [0.3, 0.4) is 0 Å². The van der Waals surface area contributed by atoms with Gasteiger partial charge in [-0.05, 0) is 12.1 Å². The molecule has 0 spiro atoms. The van der Waals surface area contributed by atoms with E-state index in [1.54, 1.807) is 18.3 Å². The first kappa shape index (κ1) is 8.83. The van der Waals surface area contributed by atoms with Crippen molar-refractivity contribution in [3.05, 3.63) is 35.3 Å². The molecule has 12 heavy (non-hydrogen) atoms. The van der Waals surface area contributed by atoms with Crippen molar-refractivity contribution in [1.82, 2.24) is 4.98 Å². The summed E-state index contributed by atoms with van der Waals surface area (Å²) in [6, 6.07) is 3.20. The molecule has 0 fully saturated rings. The van der Waals surface area contributed by atoms with Gasteiger partial charge in [-0.3, -0.25) is 9.63 Å². The molecule has 0 radical (unpaired) electrons. The van der Waals surface area contributed by atoms with Crippen molar-refractivity contribution >= 4 is 5.91 Å². The molecule has 0 unspecified atom stereocenters. The summed E-state index contributed by atoms with van der Waals surface area (Å²) >= 11 is 0. The Morgan fingerprint density at radius 1 is 1.58 bits per heavy atom. The maximum absolute atomic E-state index is 11.3. The van der Waals surface area contributed by atoms with Gasteiger partial charge in [-0.25, -0.2) is 4.79 Å². The van der Waals surface area contributed by atoms with Crippen molar-refractivity contribution in [2.75, 3.05) is 14.1 Å². The van der Waals surface area contributed by atoms with Crippen LogP contribution in [0.4, 0.5) is 0 Å². The molecule has 0 aliphatic carbocycles. The van der Waals surface area contributed by atoms with E-state index in [0.29, 0.717) is 5.56 Å². The third-order valence-electron chi connectivity index (χ3n) is 1.40. The van der Waals surface area contributed by atoms with Crippen LogP contribution in [-0.2, 0) is 0 Å². The lowest BCUT2D eigenvalue weighted by molar-refractivity contribution is -0.752. The van der Waals surface area contributed by atoms with Gasteiger partial charge in [0.2, 0.25) is 0 Å². The van der Waals surface area contributed by atoms with E-state index >= 15 is 0 Å². The lowest BCUT2D eigenvalue weighted by Crippen LogP contribution is -2.39. The Morgan fingerprint density at radius 2 is 2.25 bits per heavy atom. The van der Waals surface area contributed by atoms with Gasteiger partial charge in [-0.1, -0.05) is 0 Å². The van der Waals surface area contributed by atoms with Gasteiger partial charge in [0.15, 0.2) is 0 Å². The lowest BCUT2D eigenvalue weighted by atomic mass is 10.2. The van der Waals surface area contributed by atoms with E-state index in [1.807, 2.05) is 0 Å². The van der Waals surface area contributed by atoms with Gasteiger partial charge in [0, 0.05) is 12.4 Å². The average molecular weight is 166 g/mol. The van der Waals surface area contributed by atoms with Crippen LogP contribution in [0, 0.1) is 5.21 Å². The zero-order valence-electron chi connectivity index (χ0n) is 7.02. The summed E-state index contributed by atoms with van der Waals surface area (Å²) < 4.78 is -0.953. The molecule has 0 aliphatic rings. The van der Waals surface area contributed by atoms with Crippen LogP contribution in [0.25, 0.3) is 0 Å². The fraction of sp³-hybridized carbons (Fsp3) is 0.250. The largest absolute Gasteiger partial charge is 0.625 e. The molecule has 1 aromatic heterocycles. The Balaban J connectivity index is 2.94. The molecule has 0 atom stereocenters. The minimum absolute atomic E-state index is 0.345. The summed E-state index contributed by atoms with van der Waals surface area (Å²) in [4.78, 5) is 15.0. The van der Waals surface area contributed by atoms with Gasteiger partial charge in [-0.15, -0.1) is 0 Å². The second-order valence-corrected chi connectivity index (χ2v) is 2.90. The summed E-state index contributed by atoms with van der Waals surface area (Å²) in [6.07, 6.45) is 2.95. The van der Waals surface area contributed by atoms with E-state index in [2.05, 4.69) is 4.98 Å². The Kier molecular flexibility index (Phi) is 2.21. The highest BCUT2D eigenvalue weighted by atomic mass is 16.6. The summed E-state index contributed by atoms with van der Waals surface area (Å²) in [7, 11) is 2.57. The fourth-order valence-electron chi connectivity index (χ4n) is 0.800. The molecule has 1 heterocycles.